The maximum atomic E-state index is 13.8. The van der Waals surface area contributed by atoms with Gasteiger partial charge in [-0.2, -0.15) is 15.2 Å². The Kier molecular flexibility index (Phi) is 8.41. The average Bonchev–Trinajstić information content (AvgIpc) is 3.42. The van der Waals surface area contributed by atoms with Gasteiger partial charge < -0.3 is 29.2 Å². The summed E-state index contributed by atoms with van der Waals surface area (Å²) in [6.07, 6.45) is 5.56. The number of hydrogen-bond donors (Lipinski definition) is 0. The molecule has 2 saturated heterocycles. The number of nitriles is 1. The second-order valence-corrected chi connectivity index (χ2v) is 12.0. The Morgan fingerprint density at radius 2 is 1.84 bits per heavy atom. The number of carbonyl (C=O) groups is 1. The summed E-state index contributed by atoms with van der Waals surface area (Å²) in [5, 5.41) is 9.49. The van der Waals surface area contributed by atoms with E-state index < -0.39 is 17.8 Å². The van der Waals surface area contributed by atoms with Crippen LogP contribution < -0.4 is 14.5 Å². The molecule has 2 aromatic heterocycles. The summed E-state index contributed by atoms with van der Waals surface area (Å²) in [4.78, 5) is 42.0. The molecule has 4 aliphatic heterocycles. The molecular weight excluding hydrogens is 551 g/mol. The van der Waals surface area contributed by atoms with Crippen molar-refractivity contribution in [3.63, 3.8) is 0 Å². The van der Waals surface area contributed by atoms with E-state index in [9.17, 15) is 14.4 Å². The summed E-state index contributed by atoms with van der Waals surface area (Å²) < 4.78 is 20.0. The van der Waals surface area contributed by atoms with Gasteiger partial charge in [0.25, 0.3) is 5.91 Å². The van der Waals surface area contributed by atoms with Crippen LogP contribution in [0, 0.1) is 11.3 Å². The minimum Gasteiger partial charge on any atom is -0.462 e. The number of likely N-dealkylation sites (N-methyl/N-ethyl adjacent to an activating group) is 2. The number of halogens is 1. The van der Waals surface area contributed by atoms with E-state index in [2.05, 4.69) is 51.3 Å². The molecule has 0 N–H and O–H groups in total. The molecule has 0 radical (unpaired) electrons. The minimum atomic E-state index is -1.01. The Labute approximate surface area is 251 Å². The van der Waals surface area contributed by atoms with Gasteiger partial charge in [0, 0.05) is 56.4 Å². The Morgan fingerprint density at radius 3 is 2.60 bits per heavy atom. The number of hydrogen-bond acceptors (Lipinski definition) is 11. The molecule has 4 aliphatic rings. The number of likely N-dealkylation sites (tertiary alicyclic amines) is 1. The van der Waals surface area contributed by atoms with Crippen LogP contribution in [0.4, 0.5) is 16.0 Å². The monoisotopic (exact) mass is 590 g/mol. The van der Waals surface area contributed by atoms with Crippen LogP contribution in [0.15, 0.2) is 18.7 Å². The molecule has 43 heavy (non-hydrogen) atoms. The van der Waals surface area contributed by atoms with Crippen LogP contribution in [0.1, 0.15) is 41.8 Å². The smallest absolute Gasteiger partial charge is 0.318 e. The van der Waals surface area contributed by atoms with Gasteiger partial charge in [-0.25, -0.2) is 14.4 Å². The Balaban J connectivity index is 1.31. The zero-order valence-corrected chi connectivity index (χ0v) is 25.0. The number of nitrogens with zero attached hydrogens (tertiary/aromatic N) is 10. The number of ether oxygens (including phenoxy) is 1. The first kappa shape index (κ1) is 29.2. The van der Waals surface area contributed by atoms with E-state index in [1.165, 1.54) is 10.5 Å². The molecule has 12 nitrogen and oxygen atoms in total. The highest BCUT2D eigenvalue weighted by Crippen LogP contribution is 2.34. The lowest BCUT2D eigenvalue weighted by molar-refractivity contribution is -0.131. The van der Waals surface area contributed by atoms with Crippen molar-refractivity contribution in [2.75, 3.05) is 69.8 Å². The summed E-state index contributed by atoms with van der Waals surface area (Å²) in [5.74, 6) is -0.0436. The lowest BCUT2D eigenvalue weighted by atomic mass is 10.0. The third-order valence-corrected chi connectivity index (χ3v) is 9.18. The predicted octanol–water partition coefficient (Wildman–Crippen LogP) is 1.70. The van der Waals surface area contributed by atoms with Gasteiger partial charge >= 0.3 is 6.01 Å². The van der Waals surface area contributed by atoms with Crippen LogP contribution in [0.3, 0.4) is 0 Å². The van der Waals surface area contributed by atoms with Gasteiger partial charge in [0.2, 0.25) is 0 Å². The first-order valence-electron chi connectivity index (χ1n) is 15.1. The quantitative estimate of drug-likeness (QED) is 0.439. The molecule has 2 aromatic rings. The lowest BCUT2D eigenvalue weighted by Crippen LogP contribution is -2.55. The molecule has 228 valence electrons. The van der Waals surface area contributed by atoms with Crippen LogP contribution in [0.5, 0.6) is 6.01 Å². The lowest BCUT2D eigenvalue weighted by Gasteiger charge is -2.42. The van der Waals surface area contributed by atoms with E-state index in [1.807, 2.05) is 0 Å². The number of rotatable bonds is 7. The van der Waals surface area contributed by atoms with Crippen LogP contribution >= 0.6 is 0 Å². The molecule has 2 atom stereocenters. The molecule has 0 aromatic carbocycles. The average molecular weight is 591 g/mol. The largest absolute Gasteiger partial charge is 0.462 e. The molecule has 6 heterocycles. The fourth-order valence-electron chi connectivity index (χ4n) is 6.75. The number of anilines is 2. The van der Waals surface area contributed by atoms with Gasteiger partial charge in [-0.1, -0.05) is 6.58 Å². The summed E-state index contributed by atoms with van der Waals surface area (Å²) in [5.41, 5.74) is 4.20. The fourth-order valence-corrected chi connectivity index (χ4v) is 6.75. The second-order valence-electron chi connectivity index (χ2n) is 12.0. The third-order valence-electron chi connectivity index (χ3n) is 9.18. The van der Waals surface area contributed by atoms with E-state index in [0.717, 1.165) is 74.0 Å². The van der Waals surface area contributed by atoms with Crippen molar-refractivity contribution in [2.45, 2.75) is 57.3 Å². The number of amides is 1. The van der Waals surface area contributed by atoms with Crippen molar-refractivity contribution < 1.29 is 13.9 Å². The summed E-state index contributed by atoms with van der Waals surface area (Å²) in [6.45, 7) is 8.89. The highest BCUT2D eigenvalue weighted by atomic mass is 19.1. The van der Waals surface area contributed by atoms with Crippen molar-refractivity contribution >= 4 is 17.5 Å². The van der Waals surface area contributed by atoms with Gasteiger partial charge in [0.1, 0.15) is 24.6 Å². The maximum absolute atomic E-state index is 13.8. The van der Waals surface area contributed by atoms with Crippen molar-refractivity contribution in [1.29, 1.82) is 5.26 Å². The Morgan fingerprint density at radius 1 is 1.02 bits per heavy atom. The first-order chi connectivity index (χ1) is 20.8. The van der Waals surface area contributed by atoms with Crippen molar-refractivity contribution in [3.8, 4) is 12.1 Å². The van der Waals surface area contributed by atoms with E-state index in [1.54, 1.807) is 6.33 Å². The van der Waals surface area contributed by atoms with Gasteiger partial charge in [0.15, 0.2) is 5.83 Å². The van der Waals surface area contributed by atoms with Crippen LogP contribution in [0.25, 0.3) is 0 Å². The van der Waals surface area contributed by atoms with E-state index in [0.29, 0.717) is 44.7 Å². The molecular formula is C30H39FN10O2. The van der Waals surface area contributed by atoms with Gasteiger partial charge in [0.05, 0.1) is 36.5 Å². The maximum Gasteiger partial charge on any atom is 0.318 e. The highest BCUT2D eigenvalue weighted by Gasteiger charge is 2.35. The predicted molar refractivity (Wildman–Crippen MR) is 158 cm³/mol. The van der Waals surface area contributed by atoms with Crippen molar-refractivity contribution in [2.24, 2.45) is 0 Å². The van der Waals surface area contributed by atoms with Crippen LogP contribution in [0.2, 0.25) is 0 Å². The van der Waals surface area contributed by atoms with Gasteiger partial charge in [-0.3, -0.25) is 4.79 Å². The Bertz CT molecular complexity index is 1430. The van der Waals surface area contributed by atoms with E-state index in [4.69, 9.17) is 19.7 Å². The fraction of sp³-hybridized carbons (Fsp3) is 0.600. The molecule has 2 fully saturated rings. The van der Waals surface area contributed by atoms with Crippen molar-refractivity contribution in [3.05, 3.63) is 41.2 Å². The van der Waals surface area contributed by atoms with Crippen molar-refractivity contribution in [1.82, 2.24) is 34.6 Å². The van der Waals surface area contributed by atoms with Gasteiger partial charge in [-0.15, -0.1) is 0 Å². The SMILES string of the molecule is C=C(F)C(=O)N1CCN(c2nc(OC[C@@H]3CCCN3C)nc3c2CCN(c2ncnc4c2CCN(C)C4)C3)C[C@@H]1CC#N. The van der Waals surface area contributed by atoms with Gasteiger partial charge in [-0.05, 0) is 46.3 Å². The summed E-state index contributed by atoms with van der Waals surface area (Å²) in [7, 11) is 4.22. The summed E-state index contributed by atoms with van der Waals surface area (Å²) in [6, 6.07) is 2.32. The topological polar surface area (TPSA) is 118 Å². The van der Waals surface area contributed by atoms with Crippen LogP contribution in [-0.2, 0) is 30.7 Å². The minimum absolute atomic E-state index is 0.0853. The highest BCUT2D eigenvalue weighted by molar-refractivity contribution is 5.91. The number of fused-ring (bicyclic) bond motifs is 2. The molecule has 13 heteroatoms. The number of aromatic nitrogens is 4. The molecule has 6 rings (SSSR count). The molecule has 0 aliphatic carbocycles. The molecule has 0 bridgehead atoms. The number of carbonyl (C=O) groups excluding carboxylic acids is 1. The standard InChI is InChI=1S/C30H39FN10O2/c1-20(31)29(42)41-14-13-40(15-21(41)6-9-32)28-24-8-12-39(27-23-7-11-37(2)16-25(23)33-19-34-27)17-26(24)35-30(36-28)43-18-22-5-4-10-38(22)3/h19,21-22H,1,4-8,10-18H2,2-3H3/t21-,22-/m0/s1. The zero-order chi connectivity index (χ0) is 30.1. The molecule has 1 amide bonds. The Hall–Kier alpha value is -3.89. The summed E-state index contributed by atoms with van der Waals surface area (Å²) >= 11 is 0. The molecule has 0 saturated carbocycles. The van der Waals surface area contributed by atoms with E-state index in [-0.39, 0.29) is 13.0 Å². The first-order valence-corrected chi connectivity index (χ1v) is 15.1. The third kappa shape index (κ3) is 5.99. The zero-order valence-electron chi connectivity index (χ0n) is 25.0. The molecule has 0 unspecified atom stereocenters. The normalized spacial score (nSPS) is 22.6. The van der Waals surface area contributed by atoms with Crippen LogP contribution in [-0.4, -0.2) is 113 Å². The van der Waals surface area contributed by atoms with E-state index >= 15 is 0 Å². The number of piperazine rings is 1. The molecule has 0 spiro atoms. The second kappa shape index (κ2) is 12.4.